The number of hydrogen-bond acceptors (Lipinski definition) is 4. The van der Waals surface area contributed by atoms with Crippen molar-refractivity contribution in [2.75, 3.05) is 31.2 Å². The van der Waals surface area contributed by atoms with Crippen molar-refractivity contribution < 1.29 is 14.3 Å². The van der Waals surface area contributed by atoms with Crippen LogP contribution >= 0.6 is 12.4 Å². The quantitative estimate of drug-likeness (QED) is 0.698. The maximum absolute atomic E-state index is 12.3. The third kappa shape index (κ3) is 5.04. The number of rotatable bonds is 4. The van der Waals surface area contributed by atoms with Crippen LogP contribution in [-0.2, 0) is 17.8 Å². The fourth-order valence-corrected chi connectivity index (χ4v) is 2.90. The molecule has 3 amide bonds. The van der Waals surface area contributed by atoms with Gasteiger partial charge in [-0.15, -0.1) is 12.4 Å². The number of hydrogen-bond donors (Lipinski definition) is 3. The van der Waals surface area contributed by atoms with Crippen LogP contribution in [0.3, 0.4) is 0 Å². The molecule has 8 heteroatoms. The first kappa shape index (κ1) is 20.4. The lowest BCUT2D eigenvalue weighted by molar-refractivity contribution is -0.115. The molecule has 0 bridgehead atoms. The number of fused-ring (bicyclic) bond motifs is 1. The van der Waals surface area contributed by atoms with Crippen molar-refractivity contribution in [3.8, 4) is 5.75 Å². The van der Waals surface area contributed by atoms with Crippen molar-refractivity contribution in [3.63, 3.8) is 0 Å². The van der Waals surface area contributed by atoms with Crippen LogP contribution in [0.4, 0.5) is 16.2 Å². The molecular formula is C19H23ClN4O3. The first-order valence-electron chi connectivity index (χ1n) is 8.39. The monoisotopic (exact) mass is 390 g/mol. The van der Waals surface area contributed by atoms with E-state index < -0.39 is 0 Å². The van der Waals surface area contributed by atoms with Gasteiger partial charge in [0.05, 0.1) is 25.0 Å². The molecule has 2 aromatic carbocycles. The highest BCUT2D eigenvalue weighted by Gasteiger charge is 2.20. The molecule has 0 radical (unpaired) electrons. The van der Waals surface area contributed by atoms with E-state index in [4.69, 9.17) is 10.5 Å². The number of nitrogens with one attached hydrogen (secondary N) is 2. The minimum atomic E-state index is -0.351. The molecule has 3 rings (SSSR count). The number of carbonyl (C=O) groups is 2. The SMILES string of the molecule is COc1ccc(N)c(NC(=O)CNC(=O)N2CCc3ccccc3C2)c1.Cl. The molecule has 0 atom stereocenters. The second kappa shape index (κ2) is 9.14. The number of carbonyl (C=O) groups excluding carboxylic acids is 2. The highest BCUT2D eigenvalue weighted by Crippen LogP contribution is 2.24. The fourth-order valence-electron chi connectivity index (χ4n) is 2.90. The summed E-state index contributed by atoms with van der Waals surface area (Å²) in [4.78, 5) is 26.1. The molecule has 144 valence electrons. The first-order valence-corrected chi connectivity index (χ1v) is 8.39. The van der Waals surface area contributed by atoms with E-state index in [1.165, 1.54) is 12.7 Å². The predicted molar refractivity (Wildman–Crippen MR) is 107 cm³/mol. The second-order valence-corrected chi connectivity index (χ2v) is 6.10. The van der Waals surface area contributed by atoms with Crippen LogP contribution < -0.4 is 21.1 Å². The Balaban J connectivity index is 0.00000261. The van der Waals surface area contributed by atoms with Gasteiger partial charge >= 0.3 is 6.03 Å². The summed E-state index contributed by atoms with van der Waals surface area (Å²) in [6.45, 7) is 1.05. The number of benzene rings is 2. The Labute approximate surface area is 164 Å². The number of amides is 3. The van der Waals surface area contributed by atoms with Crippen LogP contribution in [-0.4, -0.2) is 37.0 Å². The lowest BCUT2D eigenvalue weighted by atomic mass is 10.0. The number of halogens is 1. The van der Waals surface area contributed by atoms with Crippen molar-refractivity contribution >= 4 is 35.7 Å². The van der Waals surface area contributed by atoms with Gasteiger partial charge in [0, 0.05) is 19.2 Å². The molecule has 0 aliphatic carbocycles. The predicted octanol–water partition coefficient (Wildman–Crippen LogP) is 2.41. The number of nitrogens with zero attached hydrogens (tertiary/aromatic N) is 1. The van der Waals surface area contributed by atoms with Crippen molar-refractivity contribution in [2.45, 2.75) is 13.0 Å². The summed E-state index contributed by atoms with van der Waals surface area (Å²) in [7, 11) is 1.54. The molecule has 0 spiro atoms. The third-order valence-electron chi connectivity index (χ3n) is 4.35. The number of anilines is 2. The van der Waals surface area contributed by atoms with Crippen molar-refractivity contribution in [1.82, 2.24) is 10.2 Å². The molecule has 27 heavy (non-hydrogen) atoms. The Kier molecular flexibility index (Phi) is 6.90. The van der Waals surface area contributed by atoms with E-state index in [9.17, 15) is 9.59 Å². The maximum Gasteiger partial charge on any atom is 0.318 e. The summed E-state index contributed by atoms with van der Waals surface area (Å²) in [5, 5.41) is 5.34. The molecule has 2 aromatic rings. The second-order valence-electron chi connectivity index (χ2n) is 6.10. The molecule has 1 heterocycles. The number of methoxy groups -OCH3 is 1. The molecule has 4 N–H and O–H groups in total. The van der Waals surface area contributed by atoms with Crippen molar-refractivity contribution in [1.29, 1.82) is 0 Å². The maximum atomic E-state index is 12.3. The number of urea groups is 1. The van der Waals surface area contributed by atoms with Crippen LogP contribution in [0.2, 0.25) is 0 Å². The highest BCUT2D eigenvalue weighted by molar-refractivity contribution is 5.97. The van der Waals surface area contributed by atoms with Crippen LogP contribution in [0, 0.1) is 0 Å². The number of nitrogens with two attached hydrogens (primary N) is 1. The molecule has 7 nitrogen and oxygen atoms in total. The van der Waals surface area contributed by atoms with Gasteiger partial charge in [-0.25, -0.2) is 4.79 Å². The summed E-state index contributed by atoms with van der Waals surface area (Å²) in [5.74, 6) is 0.237. The zero-order chi connectivity index (χ0) is 18.5. The molecule has 0 unspecified atom stereocenters. The smallest absolute Gasteiger partial charge is 0.318 e. The summed E-state index contributed by atoms with van der Waals surface area (Å²) in [6.07, 6.45) is 0.816. The minimum Gasteiger partial charge on any atom is -0.497 e. The van der Waals surface area contributed by atoms with Gasteiger partial charge in [0.2, 0.25) is 5.91 Å². The van der Waals surface area contributed by atoms with E-state index in [0.29, 0.717) is 30.2 Å². The van der Waals surface area contributed by atoms with Gasteiger partial charge in [-0.2, -0.15) is 0 Å². The van der Waals surface area contributed by atoms with Crippen LogP contribution in [0.15, 0.2) is 42.5 Å². The van der Waals surface area contributed by atoms with Gasteiger partial charge in [0.1, 0.15) is 5.75 Å². The lowest BCUT2D eigenvalue weighted by Crippen LogP contribution is -2.45. The van der Waals surface area contributed by atoms with E-state index in [0.717, 1.165) is 12.0 Å². The van der Waals surface area contributed by atoms with Gasteiger partial charge in [-0.3, -0.25) is 4.79 Å². The van der Waals surface area contributed by atoms with E-state index in [-0.39, 0.29) is 30.9 Å². The standard InChI is InChI=1S/C19H22N4O3.ClH/c1-26-15-6-7-16(20)17(10-15)22-18(24)11-21-19(25)23-9-8-13-4-2-3-5-14(13)12-23;/h2-7,10H,8-9,11-12,20H2,1H3,(H,21,25)(H,22,24);1H. The zero-order valence-corrected chi connectivity index (χ0v) is 15.8. The fraction of sp³-hybridized carbons (Fsp3) is 0.263. The van der Waals surface area contributed by atoms with Gasteiger partial charge < -0.3 is 26.0 Å². The molecule has 1 aliphatic rings. The van der Waals surface area contributed by atoms with Gasteiger partial charge in [0.15, 0.2) is 0 Å². The molecule has 1 aliphatic heterocycles. The van der Waals surface area contributed by atoms with Crippen LogP contribution in [0.1, 0.15) is 11.1 Å². The molecular weight excluding hydrogens is 368 g/mol. The average molecular weight is 391 g/mol. The average Bonchev–Trinajstić information content (AvgIpc) is 2.67. The topological polar surface area (TPSA) is 96.7 Å². The summed E-state index contributed by atoms with van der Waals surface area (Å²) >= 11 is 0. The molecule has 0 saturated carbocycles. The largest absolute Gasteiger partial charge is 0.497 e. The Hall–Kier alpha value is -2.93. The Morgan fingerprint density at radius 2 is 1.93 bits per heavy atom. The number of nitrogen functional groups attached to an aromatic ring is 1. The normalized spacial score (nSPS) is 12.4. The first-order chi connectivity index (χ1) is 12.6. The third-order valence-corrected chi connectivity index (χ3v) is 4.35. The zero-order valence-electron chi connectivity index (χ0n) is 15.0. The van der Waals surface area contributed by atoms with E-state index >= 15 is 0 Å². The highest BCUT2D eigenvalue weighted by atomic mass is 35.5. The summed E-state index contributed by atoms with van der Waals surface area (Å²) in [5.41, 5.74) is 9.14. The van der Waals surface area contributed by atoms with Crippen molar-refractivity contribution in [2.24, 2.45) is 0 Å². The van der Waals surface area contributed by atoms with E-state index in [1.54, 1.807) is 23.1 Å². The van der Waals surface area contributed by atoms with Gasteiger partial charge in [-0.05, 0) is 29.7 Å². The van der Waals surface area contributed by atoms with Gasteiger partial charge in [0.25, 0.3) is 0 Å². The van der Waals surface area contributed by atoms with Crippen LogP contribution in [0.5, 0.6) is 5.75 Å². The minimum absolute atomic E-state index is 0. The number of ether oxygens (including phenoxy) is 1. The molecule has 0 saturated heterocycles. The Bertz CT molecular complexity index is 828. The van der Waals surface area contributed by atoms with Crippen LogP contribution in [0.25, 0.3) is 0 Å². The lowest BCUT2D eigenvalue weighted by Gasteiger charge is -2.28. The van der Waals surface area contributed by atoms with E-state index in [2.05, 4.69) is 16.7 Å². The summed E-state index contributed by atoms with van der Waals surface area (Å²) in [6, 6.07) is 12.8. The molecule has 0 aromatic heterocycles. The Morgan fingerprint density at radius 3 is 2.67 bits per heavy atom. The molecule has 0 fully saturated rings. The van der Waals surface area contributed by atoms with Gasteiger partial charge in [-0.1, -0.05) is 24.3 Å². The summed E-state index contributed by atoms with van der Waals surface area (Å²) < 4.78 is 5.11. The Morgan fingerprint density at radius 1 is 1.19 bits per heavy atom. The van der Waals surface area contributed by atoms with Crippen molar-refractivity contribution in [3.05, 3.63) is 53.6 Å². The van der Waals surface area contributed by atoms with E-state index in [1.807, 2.05) is 18.2 Å².